The van der Waals surface area contributed by atoms with E-state index in [-0.39, 0.29) is 22.1 Å². The van der Waals surface area contributed by atoms with Crippen molar-refractivity contribution < 1.29 is 40.6 Å². The molecule has 0 spiro atoms. The van der Waals surface area contributed by atoms with Crippen molar-refractivity contribution in [2.24, 2.45) is 0 Å². The molecule has 4 aromatic rings. The highest BCUT2D eigenvalue weighted by Crippen LogP contribution is 2.30. The highest BCUT2D eigenvalue weighted by atomic mass is 79.9. The molecule has 180 valence electrons. The average Bonchev–Trinajstić information content (AvgIpc) is 2.82. The van der Waals surface area contributed by atoms with Gasteiger partial charge in [0.05, 0.1) is 10.9 Å². The summed E-state index contributed by atoms with van der Waals surface area (Å²) in [6, 6.07) is 10.9. The van der Waals surface area contributed by atoms with E-state index in [4.69, 9.17) is 9.15 Å². The van der Waals surface area contributed by atoms with Gasteiger partial charge >= 0.3 is 5.97 Å². The predicted molar refractivity (Wildman–Crippen MR) is 118 cm³/mol. The van der Waals surface area contributed by atoms with Crippen LogP contribution in [0.2, 0.25) is 0 Å². The minimum absolute atomic E-state index is 0.0966. The molecule has 0 saturated heterocycles. The number of rotatable bonds is 5. The molecule has 0 fully saturated rings. The molecule has 35 heavy (non-hydrogen) atoms. The van der Waals surface area contributed by atoms with Gasteiger partial charge in [-0.1, -0.05) is 28.1 Å². The van der Waals surface area contributed by atoms with Gasteiger partial charge in [0.2, 0.25) is 34.5 Å². The molecule has 0 bridgehead atoms. The number of carbonyl (C=O) groups excluding carboxylic acids is 1. The van der Waals surface area contributed by atoms with Gasteiger partial charge in [-0.15, -0.1) is 0 Å². The molecule has 1 aromatic heterocycles. The number of aryl methyl sites for hydroxylation is 1. The summed E-state index contributed by atoms with van der Waals surface area (Å²) in [4.78, 5) is 25.0. The molecule has 4 rings (SSSR count). The Balaban J connectivity index is 1.56. The normalized spacial score (nSPS) is 11.1. The van der Waals surface area contributed by atoms with Crippen molar-refractivity contribution in [3.63, 3.8) is 0 Å². The second-order valence-electron chi connectivity index (χ2n) is 7.19. The van der Waals surface area contributed by atoms with Gasteiger partial charge < -0.3 is 13.9 Å². The van der Waals surface area contributed by atoms with Crippen LogP contribution in [-0.4, -0.2) is 12.6 Å². The lowest BCUT2D eigenvalue weighted by Gasteiger charge is -2.11. The molecule has 11 heteroatoms. The molecule has 5 nitrogen and oxygen atoms in total. The lowest BCUT2D eigenvalue weighted by Crippen LogP contribution is -2.19. The molecule has 0 aliphatic carbocycles. The number of halogens is 6. The van der Waals surface area contributed by atoms with Gasteiger partial charge in [0.25, 0.3) is 0 Å². The van der Waals surface area contributed by atoms with E-state index in [1.165, 1.54) is 18.2 Å². The van der Waals surface area contributed by atoms with Crippen molar-refractivity contribution in [1.82, 2.24) is 0 Å². The SMILES string of the molecule is Cc1oc2cc(OC(=O)COc3c(F)c(F)c(F)c(F)c3F)ccc2c(=O)c1-c1ccc(Br)cc1. The van der Waals surface area contributed by atoms with Gasteiger partial charge in [-0.25, -0.2) is 18.0 Å². The number of ether oxygens (including phenoxy) is 2. The fourth-order valence-corrected chi connectivity index (χ4v) is 3.57. The zero-order valence-electron chi connectivity index (χ0n) is 17.6. The monoisotopic (exact) mass is 554 g/mol. The highest BCUT2D eigenvalue weighted by molar-refractivity contribution is 9.10. The van der Waals surface area contributed by atoms with E-state index in [0.29, 0.717) is 16.9 Å². The van der Waals surface area contributed by atoms with Crippen molar-refractivity contribution in [2.75, 3.05) is 6.61 Å². The van der Waals surface area contributed by atoms with E-state index in [1.54, 1.807) is 31.2 Å². The Hall–Kier alpha value is -3.73. The summed E-state index contributed by atoms with van der Waals surface area (Å²) in [5.74, 6) is -13.9. The molecule has 0 atom stereocenters. The first-order chi connectivity index (χ1) is 16.6. The van der Waals surface area contributed by atoms with Gasteiger partial charge in [-0.2, -0.15) is 8.78 Å². The molecule has 0 saturated carbocycles. The van der Waals surface area contributed by atoms with E-state index in [2.05, 4.69) is 20.7 Å². The first-order valence-electron chi connectivity index (χ1n) is 9.76. The second-order valence-corrected chi connectivity index (χ2v) is 8.10. The zero-order chi connectivity index (χ0) is 25.4. The molecular weight excluding hydrogens is 543 g/mol. The molecule has 0 aliphatic rings. The van der Waals surface area contributed by atoms with Crippen LogP contribution in [-0.2, 0) is 4.79 Å². The maximum atomic E-state index is 13.7. The zero-order valence-corrected chi connectivity index (χ0v) is 19.1. The molecule has 0 unspecified atom stereocenters. The third-order valence-corrected chi connectivity index (χ3v) is 5.44. The molecular formula is C24H12BrF5O5. The molecule has 0 amide bonds. The highest BCUT2D eigenvalue weighted by Gasteiger charge is 2.27. The predicted octanol–water partition coefficient (Wildman–Crippen LogP) is 6.21. The Morgan fingerprint density at radius 3 is 2.14 bits per heavy atom. The molecule has 0 radical (unpaired) electrons. The maximum Gasteiger partial charge on any atom is 0.349 e. The number of hydrogen-bond donors (Lipinski definition) is 0. The minimum Gasteiger partial charge on any atom is -0.476 e. The quantitative estimate of drug-likeness (QED) is 0.0964. The topological polar surface area (TPSA) is 65.7 Å². The number of esters is 1. The van der Waals surface area contributed by atoms with Crippen molar-refractivity contribution in [3.05, 3.63) is 92.0 Å². The largest absolute Gasteiger partial charge is 0.476 e. The summed E-state index contributed by atoms with van der Waals surface area (Å²) >= 11 is 3.33. The van der Waals surface area contributed by atoms with E-state index in [0.717, 1.165) is 4.47 Å². The van der Waals surface area contributed by atoms with Gasteiger partial charge in [-0.05, 0) is 36.8 Å². The van der Waals surface area contributed by atoms with Crippen molar-refractivity contribution >= 4 is 32.9 Å². The van der Waals surface area contributed by atoms with Gasteiger partial charge in [0.15, 0.2) is 12.4 Å². The molecule has 0 aliphatic heterocycles. The van der Waals surface area contributed by atoms with Crippen LogP contribution < -0.4 is 14.9 Å². The van der Waals surface area contributed by atoms with E-state index < -0.39 is 47.4 Å². The van der Waals surface area contributed by atoms with Gasteiger partial charge in [0, 0.05) is 10.5 Å². The Kier molecular flexibility index (Phi) is 6.62. The van der Waals surface area contributed by atoms with Crippen LogP contribution in [0.5, 0.6) is 11.5 Å². The minimum atomic E-state index is -2.36. The van der Waals surface area contributed by atoms with Crippen LogP contribution in [0.25, 0.3) is 22.1 Å². The summed E-state index contributed by atoms with van der Waals surface area (Å²) < 4.78 is 82.9. The molecule has 0 N–H and O–H groups in total. The van der Waals surface area contributed by atoms with E-state index >= 15 is 0 Å². The van der Waals surface area contributed by atoms with Crippen LogP contribution in [0.15, 0.2) is 56.1 Å². The summed E-state index contributed by atoms with van der Waals surface area (Å²) in [5, 5.41) is 0.200. The van der Waals surface area contributed by atoms with Crippen molar-refractivity contribution in [3.8, 4) is 22.6 Å². The smallest absolute Gasteiger partial charge is 0.349 e. The van der Waals surface area contributed by atoms with Crippen LogP contribution in [0, 0.1) is 36.0 Å². The summed E-state index contributed by atoms with van der Waals surface area (Å²) in [7, 11) is 0. The van der Waals surface area contributed by atoms with E-state index in [1.807, 2.05) is 0 Å². The van der Waals surface area contributed by atoms with Crippen LogP contribution >= 0.6 is 15.9 Å². The number of fused-ring (bicyclic) bond motifs is 1. The summed E-state index contributed by atoms with van der Waals surface area (Å²) in [6.07, 6.45) is 0. The van der Waals surface area contributed by atoms with E-state index in [9.17, 15) is 31.5 Å². The van der Waals surface area contributed by atoms with Gasteiger partial charge in [0.1, 0.15) is 17.1 Å². The first-order valence-corrected chi connectivity index (χ1v) is 10.6. The lowest BCUT2D eigenvalue weighted by atomic mass is 10.0. The lowest BCUT2D eigenvalue weighted by molar-refractivity contribution is -0.136. The van der Waals surface area contributed by atoms with Crippen LogP contribution in [0.3, 0.4) is 0 Å². The summed E-state index contributed by atoms with van der Waals surface area (Å²) in [6.45, 7) is 0.427. The second kappa shape index (κ2) is 9.49. The Labute approximate surface area is 201 Å². The Morgan fingerprint density at radius 1 is 0.914 bits per heavy atom. The van der Waals surface area contributed by atoms with Crippen molar-refractivity contribution in [1.29, 1.82) is 0 Å². The standard InChI is InChI=1S/C24H12BrF5O5/c1-10-17(11-2-4-12(25)5-3-11)23(32)14-7-6-13(8-15(14)34-10)35-16(31)9-33-24-21(29)19(27)18(26)20(28)22(24)30/h2-8H,9H2,1H3. The van der Waals surface area contributed by atoms with Crippen molar-refractivity contribution in [2.45, 2.75) is 6.92 Å². The summed E-state index contributed by atoms with van der Waals surface area (Å²) in [5.41, 5.74) is 0.769. The average molecular weight is 555 g/mol. The maximum absolute atomic E-state index is 13.7. The third kappa shape index (κ3) is 4.63. The first kappa shape index (κ1) is 24.4. The number of hydrogen-bond acceptors (Lipinski definition) is 5. The Morgan fingerprint density at radius 2 is 1.51 bits per heavy atom. The fourth-order valence-electron chi connectivity index (χ4n) is 3.30. The van der Waals surface area contributed by atoms with Gasteiger partial charge in [-0.3, -0.25) is 4.79 Å². The molecule has 3 aromatic carbocycles. The number of carbonyl (C=O) groups is 1. The third-order valence-electron chi connectivity index (χ3n) is 4.91. The fraction of sp³-hybridized carbons (Fsp3) is 0.0833. The number of benzene rings is 3. The van der Waals surface area contributed by atoms with Crippen LogP contribution in [0.4, 0.5) is 22.0 Å². The Bertz CT molecular complexity index is 1500. The molecule has 1 heterocycles. The van der Waals surface area contributed by atoms with Crippen LogP contribution in [0.1, 0.15) is 5.76 Å².